The van der Waals surface area contributed by atoms with Gasteiger partial charge in [-0.25, -0.2) is 4.68 Å². The number of nitrogens with zero attached hydrogens (tertiary/aromatic N) is 4. The van der Waals surface area contributed by atoms with E-state index in [0.717, 1.165) is 17.1 Å². The monoisotopic (exact) mass is 263 g/mol. The van der Waals surface area contributed by atoms with Crippen molar-refractivity contribution in [1.29, 1.82) is 0 Å². The van der Waals surface area contributed by atoms with Crippen molar-refractivity contribution in [3.8, 4) is 11.5 Å². The first-order chi connectivity index (χ1) is 9.15. The third-order valence-corrected chi connectivity index (χ3v) is 2.78. The van der Waals surface area contributed by atoms with Gasteiger partial charge in [0.25, 0.3) is 0 Å². The molecule has 0 saturated carbocycles. The summed E-state index contributed by atoms with van der Waals surface area (Å²) in [6, 6.07) is 5.39. The molecule has 0 amide bonds. The second kappa shape index (κ2) is 5.66. The lowest BCUT2D eigenvalue weighted by molar-refractivity contribution is 0.389. The fraction of sp³-hybridized carbons (Fsp3) is 0.417. The molecular weight excluding hydrogens is 246 g/mol. The molecule has 0 aliphatic heterocycles. The Morgan fingerprint density at radius 2 is 2.11 bits per heavy atom. The van der Waals surface area contributed by atoms with Crippen molar-refractivity contribution in [2.45, 2.75) is 19.5 Å². The predicted molar refractivity (Wildman–Crippen MR) is 69.1 cm³/mol. The second-order valence-corrected chi connectivity index (χ2v) is 4.16. The Labute approximate surface area is 111 Å². The average Bonchev–Trinajstić information content (AvgIpc) is 2.87. The van der Waals surface area contributed by atoms with Gasteiger partial charge in [0.15, 0.2) is 5.82 Å². The molecule has 0 aliphatic carbocycles. The van der Waals surface area contributed by atoms with Crippen LogP contribution in [0.1, 0.15) is 24.4 Å². The zero-order chi connectivity index (χ0) is 13.8. The molecule has 0 aliphatic rings. The van der Waals surface area contributed by atoms with E-state index >= 15 is 0 Å². The van der Waals surface area contributed by atoms with Crippen LogP contribution in [0.2, 0.25) is 0 Å². The number of benzene rings is 1. The maximum absolute atomic E-state index is 5.81. The molecule has 2 rings (SSSR count). The fourth-order valence-corrected chi connectivity index (χ4v) is 1.79. The third-order valence-electron chi connectivity index (χ3n) is 2.78. The van der Waals surface area contributed by atoms with Gasteiger partial charge < -0.3 is 15.2 Å². The first kappa shape index (κ1) is 13.3. The van der Waals surface area contributed by atoms with Gasteiger partial charge in [0.05, 0.1) is 26.8 Å². The summed E-state index contributed by atoms with van der Waals surface area (Å²) in [5, 5.41) is 11.5. The van der Waals surface area contributed by atoms with Crippen LogP contribution >= 0.6 is 0 Å². The molecule has 1 aromatic heterocycles. The zero-order valence-corrected chi connectivity index (χ0v) is 11.2. The Morgan fingerprint density at radius 1 is 1.32 bits per heavy atom. The van der Waals surface area contributed by atoms with Gasteiger partial charge in [-0.15, -0.1) is 5.10 Å². The fourth-order valence-electron chi connectivity index (χ4n) is 1.79. The minimum atomic E-state index is -0.223. The van der Waals surface area contributed by atoms with Crippen LogP contribution in [0.5, 0.6) is 11.5 Å². The van der Waals surface area contributed by atoms with E-state index in [9.17, 15) is 0 Å². The maximum Gasteiger partial charge on any atom is 0.168 e. The molecule has 2 aromatic rings. The summed E-state index contributed by atoms with van der Waals surface area (Å²) in [6.45, 7) is 2.34. The molecule has 7 heteroatoms. The van der Waals surface area contributed by atoms with Crippen molar-refractivity contribution in [2.24, 2.45) is 5.73 Å². The summed E-state index contributed by atoms with van der Waals surface area (Å²) in [7, 11) is 3.23. The largest absolute Gasteiger partial charge is 0.497 e. The highest BCUT2D eigenvalue weighted by atomic mass is 16.5. The van der Waals surface area contributed by atoms with Crippen molar-refractivity contribution in [3.63, 3.8) is 0 Å². The molecule has 1 aromatic carbocycles. The number of tetrazole rings is 1. The van der Waals surface area contributed by atoms with Crippen molar-refractivity contribution in [2.75, 3.05) is 14.2 Å². The maximum atomic E-state index is 5.81. The Kier molecular flexibility index (Phi) is 3.96. The first-order valence-electron chi connectivity index (χ1n) is 5.88. The molecule has 0 bridgehead atoms. The van der Waals surface area contributed by atoms with Crippen LogP contribution in [0.4, 0.5) is 0 Å². The van der Waals surface area contributed by atoms with E-state index in [2.05, 4.69) is 15.5 Å². The lowest BCUT2D eigenvalue weighted by Crippen LogP contribution is -2.15. The molecule has 1 heterocycles. The number of nitrogens with two attached hydrogens (primary N) is 1. The number of aromatic nitrogens is 4. The van der Waals surface area contributed by atoms with Crippen molar-refractivity contribution < 1.29 is 9.47 Å². The van der Waals surface area contributed by atoms with Crippen molar-refractivity contribution in [3.05, 3.63) is 29.6 Å². The molecule has 1 unspecified atom stereocenters. The minimum Gasteiger partial charge on any atom is -0.497 e. The summed E-state index contributed by atoms with van der Waals surface area (Å²) in [6.07, 6.45) is 0. The van der Waals surface area contributed by atoms with Gasteiger partial charge in [-0.1, -0.05) is 0 Å². The predicted octanol–water partition coefficient (Wildman–Crippen LogP) is 0.758. The van der Waals surface area contributed by atoms with Gasteiger partial charge >= 0.3 is 0 Å². The van der Waals surface area contributed by atoms with Gasteiger partial charge in [0, 0.05) is 11.6 Å². The molecule has 0 radical (unpaired) electrons. The molecular formula is C12H17N5O2. The van der Waals surface area contributed by atoms with Crippen LogP contribution in [0.3, 0.4) is 0 Å². The Hall–Kier alpha value is -2.15. The van der Waals surface area contributed by atoms with Crippen LogP contribution < -0.4 is 15.2 Å². The SMILES string of the molecule is COc1ccc(Cn2nnnc2C(C)N)c(OC)c1. The number of hydrogen-bond acceptors (Lipinski definition) is 6. The number of hydrogen-bond donors (Lipinski definition) is 1. The molecule has 2 N–H and O–H groups in total. The highest BCUT2D eigenvalue weighted by Gasteiger charge is 2.13. The van der Waals surface area contributed by atoms with Crippen LogP contribution in [0.25, 0.3) is 0 Å². The van der Waals surface area contributed by atoms with E-state index in [0.29, 0.717) is 12.4 Å². The highest BCUT2D eigenvalue weighted by molar-refractivity contribution is 5.40. The molecule has 7 nitrogen and oxygen atoms in total. The molecule has 0 fully saturated rings. The summed E-state index contributed by atoms with van der Waals surface area (Å²) in [5.74, 6) is 2.10. The van der Waals surface area contributed by atoms with E-state index in [1.807, 2.05) is 25.1 Å². The van der Waals surface area contributed by atoms with Gasteiger partial charge in [0.1, 0.15) is 11.5 Å². The van der Waals surface area contributed by atoms with Crippen molar-refractivity contribution in [1.82, 2.24) is 20.2 Å². The van der Waals surface area contributed by atoms with Gasteiger partial charge in [-0.3, -0.25) is 0 Å². The smallest absolute Gasteiger partial charge is 0.168 e. The van der Waals surface area contributed by atoms with E-state index in [1.54, 1.807) is 18.9 Å². The minimum absolute atomic E-state index is 0.223. The normalized spacial score (nSPS) is 12.2. The first-order valence-corrected chi connectivity index (χ1v) is 5.88. The molecule has 19 heavy (non-hydrogen) atoms. The van der Waals surface area contributed by atoms with Gasteiger partial charge in [0.2, 0.25) is 0 Å². The van der Waals surface area contributed by atoms with Crippen LogP contribution in [0, 0.1) is 0 Å². The van der Waals surface area contributed by atoms with E-state index < -0.39 is 0 Å². The summed E-state index contributed by atoms with van der Waals surface area (Å²) in [4.78, 5) is 0. The number of ether oxygens (including phenoxy) is 2. The summed E-state index contributed by atoms with van der Waals surface area (Å²) in [5.41, 5.74) is 6.77. The third kappa shape index (κ3) is 2.82. The average molecular weight is 263 g/mol. The lowest BCUT2D eigenvalue weighted by atomic mass is 10.2. The lowest BCUT2D eigenvalue weighted by Gasteiger charge is -2.11. The molecule has 0 saturated heterocycles. The van der Waals surface area contributed by atoms with E-state index in [1.165, 1.54) is 0 Å². The molecule has 102 valence electrons. The molecule has 0 spiro atoms. The summed E-state index contributed by atoms with van der Waals surface area (Å²) < 4.78 is 12.2. The standard InChI is InChI=1S/C12H17N5O2/c1-8(13)12-14-15-16-17(12)7-9-4-5-10(18-2)6-11(9)19-3/h4-6,8H,7,13H2,1-3H3. The van der Waals surface area contributed by atoms with Crippen LogP contribution in [-0.2, 0) is 6.54 Å². The Balaban J connectivity index is 2.30. The van der Waals surface area contributed by atoms with E-state index in [4.69, 9.17) is 15.2 Å². The second-order valence-electron chi connectivity index (χ2n) is 4.16. The zero-order valence-electron chi connectivity index (χ0n) is 11.2. The molecule has 1 atom stereocenters. The van der Waals surface area contributed by atoms with E-state index in [-0.39, 0.29) is 6.04 Å². The highest BCUT2D eigenvalue weighted by Crippen LogP contribution is 2.25. The Bertz CT molecular complexity index is 553. The topological polar surface area (TPSA) is 88.1 Å². The van der Waals surface area contributed by atoms with Crippen LogP contribution in [0.15, 0.2) is 18.2 Å². The Morgan fingerprint density at radius 3 is 2.74 bits per heavy atom. The van der Waals surface area contributed by atoms with Crippen molar-refractivity contribution >= 4 is 0 Å². The quantitative estimate of drug-likeness (QED) is 0.856. The van der Waals surface area contributed by atoms with Crippen LogP contribution in [-0.4, -0.2) is 34.4 Å². The number of rotatable bonds is 5. The number of methoxy groups -OCH3 is 2. The summed E-state index contributed by atoms with van der Waals surface area (Å²) >= 11 is 0. The van der Waals surface area contributed by atoms with Gasteiger partial charge in [-0.05, 0) is 29.5 Å². The van der Waals surface area contributed by atoms with Gasteiger partial charge in [-0.2, -0.15) is 0 Å².